The van der Waals surface area contributed by atoms with Crippen LogP contribution in [-0.4, -0.2) is 12.5 Å². The van der Waals surface area contributed by atoms with Gasteiger partial charge in [0.2, 0.25) is 0 Å². The highest BCUT2D eigenvalue weighted by atomic mass is 79.9. The predicted molar refractivity (Wildman–Crippen MR) is 82.1 cm³/mol. The van der Waals surface area contributed by atoms with E-state index in [9.17, 15) is 4.79 Å². The lowest BCUT2D eigenvalue weighted by atomic mass is 9.92. The second-order valence-electron chi connectivity index (χ2n) is 5.87. The Morgan fingerprint density at radius 3 is 2.63 bits per heavy atom. The number of nitrogens with two attached hydrogens (primary N) is 1. The molecule has 0 saturated heterocycles. The van der Waals surface area contributed by atoms with Gasteiger partial charge < -0.3 is 11.1 Å². The number of amides is 1. The summed E-state index contributed by atoms with van der Waals surface area (Å²) in [7, 11) is 0. The molecule has 1 aliphatic rings. The minimum absolute atomic E-state index is 0.0302. The van der Waals surface area contributed by atoms with Gasteiger partial charge in [-0.25, -0.2) is 0 Å². The van der Waals surface area contributed by atoms with Crippen molar-refractivity contribution in [3.63, 3.8) is 0 Å². The van der Waals surface area contributed by atoms with Crippen molar-refractivity contribution in [1.82, 2.24) is 5.32 Å². The number of halogens is 1. The molecule has 0 bridgehead atoms. The van der Waals surface area contributed by atoms with E-state index < -0.39 is 0 Å². The second-order valence-corrected chi connectivity index (χ2v) is 6.78. The smallest absolute Gasteiger partial charge is 0.251 e. The molecule has 1 aliphatic carbocycles. The van der Waals surface area contributed by atoms with E-state index in [1.165, 1.54) is 12.8 Å². The summed E-state index contributed by atoms with van der Waals surface area (Å²) < 4.78 is 0.839. The Kier molecular flexibility index (Phi) is 3.90. The summed E-state index contributed by atoms with van der Waals surface area (Å²) in [6, 6.07) is 3.65. The molecule has 1 amide bonds. The molecule has 2 rings (SSSR count). The summed E-state index contributed by atoms with van der Waals surface area (Å²) in [6.07, 6.45) is 2.43. The lowest BCUT2D eigenvalue weighted by Crippen LogP contribution is -2.33. The van der Waals surface area contributed by atoms with Crippen molar-refractivity contribution in [2.75, 3.05) is 12.3 Å². The van der Waals surface area contributed by atoms with Gasteiger partial charge >= 0.3 is 0 Å². The fraction of sp³-hybridized carbons (Fsp3) is 0.533. The van der Waals surface area contributed by atoms with E-state index in [4.69, 9.17) is 5.73 Å². The van der Waals surface area contributed by atoms with Crippen molar-refractivity contribution >= 4 is 27.5 Å². The third kappa shape index (κ3) is 2.94. The van der Waals surface area contributed by atoms with Crippen LogP contribution in [0, 0.1) is 18.3 Å². The van der Waals surface area contributed by atoms with E-state index in [0.29, 0.717) is 22.6 Å². The monoisotopic (exact) mass is 324 g/mol. The zero-order valence-corrected chi connectivity index (χ0v) is 13.3. The van der Waals surface area contributed by atoms with Crippen LogP contribution < -0.4 is 11.1 Å². The highest BCUT2D eigenvalue weighted by Gasteiger charge is 2.45. The van der Waals surface area contributed by atoms with Gasteiger partial charge in [-0.3, -0.25) is 4.79 Å². The third-order valence-electron chi connectivity index (χ3n) is 4.38. The summed E-state index contributed by atoms with van der Waals surface area (Å²) in [4.78, 5) is 12.3. The van der Waals surface area contributed by atoms with E-state index in [2.05, 4.69) is 35.1 Å². The standard InChI is InChI=1S/C15H21BrN2O/c1-9(2)15(4-5-15)8-18-14(19)12-6-11(16)7-13(17)10(12)3/h6-7,9H,4-5,8,17H2,1-3H3,(H,18,19). The first-order valence-electron chi connectivity index (χ1n) is 6.69. The molecule has 3 nitrogen and oxygen atoms in total. The molecule has 3 N–H and O–H groups in total. The van der Waals surface area contributed by atoms with Crippen molar-refractivity contribution < 1.29 is 4.79 Å². The SMILES string of the molecule is Cc1c(N)cc(Br)cc1C(=O)NCC1(C(C)C)CC1. The largest absolute Gasteiger partial charge is 0.398 e. The molecule has 0 atom stereocenters. The highest BCUT2D eigenvalue weighted by Crippen LogP contribution is 2.51. The van der Waals surface area contributed by atoms with Gasteiger partial charge in [0, 0.05) is 22.3 Å². The van der Waals surface area contributed by atoms with Crippen LogP contribution in [0.25, 0.3) is 0 Å². The fourth-order valence-corrected chi connectivity index (χ4v) is 2.88. The van der Waals surface area contributed by atoms with Crippen LogP contribution in [0.1, 0.15) is 42.6 Å². The Morgan fingerprint density at radius 2 is 2.11 bits per heavy atom. The number of rotatable bonds is 4. The van der Waals surface area contributed by atoms with E-state index in [1.54, 1.807) is 0 Å². The van der Waals surface area contributed by atoms with Crippen LogP contribution in [0.5, 0.6) is 0 Å². The molecule has 4 heteroatoms. The number of carbonyl (C=O) groups is 1. The van der Waals surface area contributed by atoms with E-state index in [-0.39, 0.29) is 5.91 Å². The molecule has 0 aliphatic heterocycles. The number of nitrogen functional groups attached to an aromatic ring is 1. The van der Waals surface area contributed by atoms with Gasteiger partial charge in [-0.1, -0.05) is 29.8 Å². The lowest BCUT2D eigenvalue weighted by Gasteiger charge is -2.20. The normalized spacial score (nSPS) is 16.5. The van der Waals surface area contributed by atoms with Gasteiger partial charge in [-0.2, -0.15) is 0 Å². The van der Waals surface area contributed by atoms with E-state index >= 15 is 0 Å². The maximum Gasteiger partial charge on any atom is 0.251 e. The van der Waals surface area contributed by atoms with E-state index in [1.807, 2.05) is 19.1 Å². The zero-order chi connectivity index (χ0) is 14.2. The van der Waals surface area contributed by atoms with Crippen molar-refractivity contribution in [2.45, 2.75) is 33.6 Å². The molecular weight excluding hydrogens is 304 g/mol. The third-order valence-corrected chi connectivity index (χ3v) is 4.83. The van der Waals surface area contributed by atoms with Crippen molar-refractivity contribution in [3.8, 4) is 0 Å². The van der Waals surface area contributed by atoms with Gasteiger partial charge in [0.15, 0.2) is 0 Å². The molecule has 0 heterocycles. The molecule has 0 unspecified atom stereocenters. The Balaban J connectivity index is 2.09. The average molecular weight is 325 g/mol. The number of hydrogen-bond donors (Lipinski definition) is 2. The molecule has 0 radical (unpaired) electrons. The van der Waals surface area contributed by atoms with Gasteiger partial charge in [0.1, 0.15) is 0 Å². The molecular formula is C15H21BrN2O. The minimum Gasteiger partial charge on any atom is -0.398 e. The fourth-order valence-electron chi connectivity index (χ4n) is 2.41. The van der Waals surface area contributed by atoms with Crippen LogP contribution in [0.2, 0.25) is 0 Å². The highest BCUT2D eigenvalue weighted by molar-refractivity contribution is 9.10. The van der Waals surface area contributed by atoms with Gasteiger partial charge in [-0.15, -0.1) is 0 Å². The number of anilines is 1. The first-order chi connectivity index (χ1) is 8.85. The maximum absolute atomic E-state index is 12.3. The zero-order valence-electron chi connectivity index (χ0n) is 11.7. The Morgan fingerprint density at radius 1 is 1.47 bits per heavy atom. The first-order valence-corrected chi connectivity index (χ1v) is 7.49. The Bertz CT molecular complexity index is 507. The molecule has 1 fully saturated rings. The molecule has 0 aromatic heterocycles. The average Bonchev–Trinajstić information content (AvgIpc) is 3.12. The molecule has 1 saturated carbocycles. The van der Waals surface area contributed by atoms with Gasteiger partial charge in [-0.05, 0) is 48.8 Å². The second kappa shape index (κ2) is 5.16. The topological polar surface area (TPSA) is 55.1 Å². The first kappa shape index (κ1) is 14.4. The number of hydrogen-bond acceptors (Lipinski definition) is 2. The Labute approximate surface area is 123 Å². The van der Waals surface area contributed by atoms with Crippen LogP contribution in [0.15, 0.2) is 16.6 Å². The maximum atomic E-state index is 12.3. The van der Waals surface area contributed by atoms with Gasteiger partial charge in [0.25, 0.3) is 5.91 Å². The predicted octanol–water partition coefficient (Wildman–Crippen LogP) is 3.51. The summed E-state index contributed by atoms with van der Waals surface area (Å²) in [6.45, 7) is 7.09. The van der Waals surface area contributed by atoms with Crippen LogP contribution in [-0.2, 0) is 0 Å². The molecule has 104 valence electrons. The minimum atomic E-state index is -0.0302. The Hall–Kier alpha value is -1.03. The molecule has 0 spiro atoms. The summed E-state index contributed by atoms with van der Waals surface area (Å²) >= 11 is 3.38. The van der Waals surface area contributed by atoms with Crippen molar-refractivity contribution in [2.24, 2.45) is 11.3 Å². The molecule has 1 aromatic carbocycles. The lowest BCUT2D eigenvalue weighted by molar-refractivity contribution is 0.0939. The van der Waals surface area contributed by atoms with E-state index in [0.717, 1.165) is 16.6 Å². The number of nitrogens with one attached hydrogen (secondary N) is 1. The van der Waals surface area contributed by atoms with Crippen LogP contribution in [0.3, 0.4) is 0 Å². The molecule has 19 heavy (non-hydrogen) atoms. The van der Waals surface area contributed by atoms with Gasteiger partial charge in [0.05, 0.1) is 0 Å². The summed E-state index contributed by atoms with van der Waals surface area (Å²) in [5, 5.41) is 3.06. The van der Waals surface area contributed by atoms with Crippen molar-refractivity contribution in [1.29, 1.82) is 0 Å². The summed E-state index contributed by atoms with van der Waals surface area (Å²) in [5.74, 6) is 0.582. The van der Waals surface area contributed by atoms with Crippen molar-refractivity contribution in [3.05, 3.63) is 27.7 Å². The number of carbonyl (C=O) groups excluding carboxylic acids is 1. The van der Waals surface area contributed by atoms with Crippen LogP contribution >= 0.6 is 15.9 Å². The summed E-state index contributed by atoms with van der Waals surface area (Å²) in [5.41, 5.74) is 8.36. The quantitative estimate of drug-likeness (QED) is 0.833. The number of benzene rings is 1. The van der Waals surface area contributed by atoms with Crippen LogP contribution in [0.4, 0.5) is 5.69 Å². The molecule has 1 aromatic rings.